The minimum Gasteiger partial charge on any atom is -0.377 e. The Hall–Kier alpha value is -0.560. The molecule has 0 aromatic heterocycles. The molecule has 0 saturated heterocycles. The van der Waals surface area contributed by atoms with Gasteiger partial charge in [0, 0.05) is 7.11 Å². The molecule has 0 bridgehead atoms. The van der Waals surface area contributed by atoms with Crippen LogP contribution in [0.15, 0.2) is 23.8 Å². The molecule has 0 N–H and O–H groups in total. The van der Waals surface area contributed by atoms with Crippen LogP contribution in [0.4, 0.5) is 0 Å². The molecule has 68 valence electrons. The van der Waals surface area contributed by atoms with Crippen molar-refractivity contribution in [1.29, 1.82) is 0 Å². The van der Waals surface area contributed by atoms with E-state index in [9.17, 15) is 0 Å². The Balaban J connectivity index is 2.51. The maximum absolute atomic E-state index is 5.22. The monoisotopic (exact) mass is 166 g/mol. The molecule has 2 unspecified atom stereocenters. The smallest absolute Gasteiger partial charge is 0.0789 e. The van der Waals surface area contributed by atoms with Crippen molar-refractivity contribution in [1.82, 2.24) is 0 Å². The van der Waals surface area contributed by atoms with Crippen molar-refractivity contribution in [3.63, 3.8) is 0 Å². The van der Waals surface area contributed by atoms with Crippen LogP contribution in [0.1, 0.15) is 26.7 Å². The number of ether oxygens (including phenoxy) is 1. The zero-order chi connectivity index (χ0) is 8.97. The van der Waals surface area contributed by atoms with E-state index in [1.807, 2.05) is 0 Å². The number of methoxy groups -OCH3 is 1. The molecular weight excluding hydrogens is 148 g/mol. The quantitative estimate of drug-likeness (QED) is 0.626. The Bertz CT molecular complexity index is 191. The average molecular weight is 166 g/mol. The highest BCUT2D eigenvalue weighted by Crippen LogP contribution is 2.21. The maximum Gasteiger partial charge on any atom is 0.0789 e. The number of hydrogen-bond acceptors (Lipinski definition) is 1. The molecule has 1 aliphatic carbocycles. The highest BCUT2D eigenvalue weighted by molar-refractivity contribution is 5.26. The second-order valence-corrected chi connectivity index (χ2v) is 3.38. The van der Waals surface area contributed by atoms with Crippen LogP contribution in [0.5, 0.6) is 0 Å². The van der Waals surface area contributed by atoms with E-state index in [1.165, 1.54) is 12.0 Å². The van der Waals surface area contributed by atoms with E-state index < -0.39 is 0 Å². The standard InChI is InChI=1S/C11H18O/c1-4-9(2)10-5-7-11(12-3)8-6-10/h5-7,9,11H,4,8H2,1-3H3. The summed E-state index contributed by atoms with van der Waals surface area (Å²) in [5.74, 6) is 0.694. The van der Waals surface area contributed by atoms with Gasteiger partial charge in [-0.3, -0.25) is 0 Å². The van der Waals surface area contributed by atoms with E-state index in [0.717, 1.165) is 6.42 Å². The van der Waals surface area contributed by atoms with Gasteiger partial charge in [0.25, 0.3) is 0 Å². The summed E-state index contributed by atoms with van der Waals surface area (Å²) in [5, 5.41) is 0. The van der Waals surface area contributed by atoms with Gasteiger partial charge in [0.1, 0.15) is 0 Å². The summed E-state index contributed by atoms with van der Waals surface area (Å²) in [5.41, 5.74) is 1.46. The fourth-order valence-corrected chi connectivity index (χ4v) is 1.39. The molecule has 2 atom stereocenters. The predicted octanol–water partition coefficient (Wildman–Crippen LogP) is 2.93. The second kappa shape index (κ2) is 4.46. The second-order valence-electron chi connectivity index (χ2n) is 3.38. The van der Waals surface area contributed by atoms with E-state index in [4.69, 9.17) is 4.74 Å². The van der Waals surface area contributed by atoms with Gasteiger partial charge in [-0.05, 0) is 24.3 Å². The van der Waals surface area contributed by atoms with Crippen molar-refractivity contribution in [2.75, 3.05) is 7.11 Å². The van der Waals surface area contributed by atoms with Crippen LogP contribution < -0.4 is 0 Å². The summed E-state index contributed by atoms with van der Waals surface area (Å²) >= 11 is 0. The van der Waals surface area contributed by atoms with Crippen LogP contribution in [0, 0.1) is 5.92 Å². The Morgan fingerprint density at radius 2 is 2.42 bits per heavy atom. The lowest BCUT2D eigenvalue weighted by atomic mass is 9.93. The zero-order valence-corrected chi connectivity index (χ0v) is 8.21. The summed E-state index contributed by atoms with van der Waals surface area (Å²) in [6.45, 7) is 4.49. The SMILES string of the molecule is CCC(C)C1=CCC(OC)C=C1. The summed E-state index contributed by atoms with van der Waals surface area (Å²) in [6.07, 6.45) is 9.20. The molecule has 0 saturated carbocycles. The number of hydrogen-bond donors (Lipinski definition) is 0. The van der Waals surface area contributed by atoms with Gasteiger partial charge in [-0.2, -0.15) is 0 Å². The lowest BCUT2D eigenvalue weighted by Crippen LogP contribution is -2.10. The first-order valence-corrected chi connectivity index (χ1v) is 4.69. The van der Waals surface area contributed by atoms with Crippen LogP contribution >= 0.6 is 0 Å². The third-order valence-electron chi connectivity index (χ3n) is 2.57. The van der Waals surface area contributed by atoms with E-state index in [-0.39, 0.29) is 0 Å². The third-order valence-corrected chi connectivity index (χ3v) is 2.57. The van der Waals surface area contributed by atoms with Crippen molar-refractivity contribution >= 4 is 0 Å². The summed E-state index contributed by atoms with van der Waals surface area (Å²) in [7, 11) is 1.76. The van der Waals surface area contributed by atoms with Crippen molar-refractivity contribution in [3.05, 3.63) is 23.8 Å². The van der Waals surface area contributed by atoms with E-state index in [0.29, 0.717) is 12.0 Å². The largest absolute Gasteiger partial charge is 0.377 e. The molecule has 1 nitrogen and oxygen atoms in total. The molecule has 1 heteroatoms. The molecule has 0 spiro atoms. The molecule has 12 heavy (non-hydrogen) atoms. The molecular formula is C11H18O. The first kappa shape index (κ1) is 9.53. The van der Waals surface area contributed by atoms with E-state index >= 15 is 0 Å². The number of allylic oxidation sites excluding steroid dienone is 2. The molecule has 0 aromatic rings. The summed E-state index contributed by atoms with van der Waals surface area (Å²) in [4.78, 5) is 0. The van der Waals surface area contributed by atoms with Crippen molar-refractivity contribution in [2.45, 2.75) is 32.8 Å². The Morgan fingerprint density at radius 3 is 2.83 bits per heavy atom. The van der Waals surface area contributed by atoms with Gasteiger partial charge >= 0.3 is 0 Å². The minimum atomic E-state index is 0.304. The van der Waals surface area contributed by atoms with Gasteiger partial charge in [0.05, 0.1) is 6.10 Å². The number of rotatable bonds is 3. The highest BCUT2D eigenvalue weighted by atomic mass is 16.5. The molecule has 0 radical (unpaired) electrons. The van der Waals surface area contributed by atoms with Crippen LogP contribution in [0.3, 0.4) is 0 Å². The molecule has 0 aromatic carbocycles. The fourth-order valence-electron chi connectivity index (χ4n) is 1.39. The van der Waals surface area contributed by atoms with Crippen LogP contribution in [-0.4, -0.2) is 13.2 Å². The topological polar surface area (TPSA) is 9.23 Å². The van der Waals surface area contributed by atoms with Gasteiger partial charge < -0.3 is 4.74 Å². The molecule has 1 rings (SSSR count). The minimum absolute atomic E-state index is 0.304. The van der Waals surface area contributed by atoms with Gasteiger partial charge in [-0.15, -0.1) is 0 Å². The van der Waals surface area contributed by atoms with E-state index in [2.05, 4.69) is 32.1 Å². The van der Waals surface area contributed by atoms with E-state index in [1.54, 1.807) is 7.11 Å². The van der Waals surface area contributed by atoms with Crippen LogP contribution in [0.2, 0.25) is 0 Å². The zero-order valence-electron chi connectivity index (χ0n) is 8.21. The summed E-state index contributed by atoms with van der Waals surface area (Å²) < 4.78 is 5.22. The van der Waals surface area contributed by atoms with Gasteiger partial charge in [0.15, 0.2) is 0 Å². The van der Waals surface area contributed by atoms with Crippen LogP contribution in [-0.2, 0) is 4.74 Å². The highest BCUT2D eigenvalue weighted by Gasteiger charge is 2.10. The maximum atomic E-state index is 5.22. The summed E-state index contributed by atoms with van der Waals surface area (Å²) in [6, 6.07) is 0. The Kier molecular flexibility index (Phi) is 3.54. The van der Waals surface area contributed by atoms with Crippen molar-refractivity contribution in [2.24, 2.45) is 5.92 Å². The molecule has 0 aliphatic heterocycles. The van der Waals surface area contributed by atoms with Gasteiger partial charge in [-0.1, -0.05) is 32.1 Å². The third kappa shape index (κ3) is 2.21. The Morgan fingerprint density at radius 1 is 1.67 bits per heavy atom. The van der Waals surface area contributed by atoms with Gasteiger partial charge in [0.2, 0.25) is 0 Å². The first-order valence-electron chi connectivity index (χ1n) is 4.69. The van der Waals surface area contributed by atoms with Crippen molar-refractivity contribution < 1.29 is 4.74 Å². The molecule has 0 amide bonds. The first-order chi connectivity index (χ1) is 5.77. The normalized spacial score (nSPS) is 25.2. The fraction of sp³-hybridized carbons (Fsp3) is 0.636. The van der Waals surface area contributed by atoms with Crippen LogP contribution in [0.25, 0.3) is 0 Å². The molecule has 1 aliphatic rings. The van der Waals surface area contributed by atoms with Crippen molar-refractivity contribution in [3.8, 4) is 0 Å². The lowest BCUT2D eigenvalue weighted by Gasteiger charge is -2.17. The van der Waals surface area contributed by atoms with Gasteiger partial charge in [-0.25, -0.2) is 0 Å². The Labute approximate surface area is 75.1 Å². The molecule has 0 heterocycles. The lowest BCUT2D eigenvalue weighted by molar-refractivity contribution is 0.142. The predicted molar refractivity (Wildman–Crippen MR) is 52.1 cm³/mol. The molecule has 0 fully saturated rings. The average Bonchev–Trinajstić information content (AvgIpc) is 2.17.